The van der Waals surface area contributed by atoms with Gasteiger partial charge in [-0.15, -0.1) is 0 Å². The van der Waals surface area contributed by atoms with Gasteiger partial charge in [-0.3, -0.25) is 10.1 Å². The van der Waals surface area contributed by atoms with E-state index in [2.05, 4.69) is 12.2 Å². The first-order chi connectivity index (χ1) is 9.47. The van der Waals surface area contributed by atoms with Gasteiger partial charge in [-0.1, -0.05) is 19.8 Å². The Bertz CT molecular complexity index is 499. The maximum absolute atomic E-state index is 11.2. The number of rotatable bonds is 3. The lowest BCUT2D eigenvalue weighted by Gasteiger charge is -2.18. The Morgan fingerprint density at radius 1 is 1.15 bits per heavy atom. The van der Waals surface area contributed by atoms with Crippen LogP contribution in [-0.4, -0.2) is 11.0 Å². The predicted molar refractivity (Wildman–Crippen MR) is 82.2 cm³/mol. The van der Waals surface area contributed by atoms with Gasteiger partial charge in [-0.2, -0.15) is 0 Å². The highest BCUT2D eigenvalue weighted by atomic mass is 16.6. The van der Waals surface area contributed by atoms with Crippen LogP contribution >= 0.6 is 0 Å². The van der Waals surface area contributed by atoms with E-state index in [0.717, 1.165) is 29.9 Å². The van der Waals surface area contributed by atoms with Crippen molar-refractivity contribution in [3.8, 4) is 0 Å². The number of benzene rings is 1. The fraction of sp³-hybridized carbons (Fsp3) is 0.625. The van der Waals surface area contributed by atoms with E-state index in [-0.39, 0.29) is 10.6 Å². The summed E-state index contributed by atoms with van der Waals surface area (Å²) in [6.07, 6.45) is 5.89. The Morgan fingerprint density at radius 3 is 2.55 bits per heavy atom. The summed E-state index contributed by atoms with van der Waals surface area (Å²) in [4.78, 5) is 10.9. The molecule has 0 spiro atoms. The third-order valence-corrected chi connectivity index (χ3v) is 4.43. The predicted octanol–water partition coefficient (Wildman–Crippen LogP) is 4.59. The first kappa shape index (κ1) is 14.8. The number of anilines is 1. The molecule has 0 bridgehead atoms. The van der Waals surface area contributed by atoms with Gasteiger partial charge in [0.15, 0.2) is 0 Å². The lowest BCUT2D eigenvalue weighted by Crippen LogP contribution is -2.19. The Morgan fingerprint density at radius 2 is 1.85 bits per heavy atom. The molecule has 1 N–H and O–H groups in total. The van der Waals surface area contributed by atoms with Crippen LogP contribution in [0.25, 0.3) is 0 Å². The van der Waals surface area contributed by atoms with Gasteiger partial charge in [0, 0.05) is 12.1 Å². The molecule has 0 saturated heterocycles. The van der Waals surface area contributed by atoms with Gasteiger partial charge in [0.1, 0.15) is 5.69 Å². The van der Waals surface area contributed by atoms with Gasteiger partial charge in [0.25, 0.3) is 5.69 Å². The Balaban J connectivity index is 2.19. The molecule has 1 aromatic carbocycles. The molecule has 4 nitrogen and oxygen atoms in total. The van der Waals surface area contributed by atoms with Crippen LogP contribution in [0.1, 0.15) is 50.2 Å². The van der Waals surface area contributed by atoms with Gasteiger partial charge in [0.2, 0.25) is 0 Å². The van der Waals surface area contributed by atoms with Gasteiger partial charge in [-0.25, -0.2) is 0 Å². The topological polar surface area (TPSA) is 55.2 Å². The second-order valence-corrected chi connectivity index (χ2v) is 6.17. The smallest absolute Gasteiger partial charge is 0.292 e. The number of aryl methyl sites for hydroxylation is 2. The summed E-state index contributed by atoms with van der Waals surface area (Å²) in [7, 11) is 0. The molecule has 1 fully saturated rings. The molecule has 0 aliphatic heterocycles. The fourth-order valence-electron chi connectivity index (χ4n) is 2.92. The average Bonchev–Trinajstić information content (AvgIpc) is 2.58. The molecule has 1 aromatic rings. The van der Waals surface area contributed by atoms with Crippen LogP contribution in [0.3, 0.4) is 0 Å². The van der Waals surface area contributed by atoms with E-state index in [1.807, 2.05) is 19.9 Å². The molecule has 2 rings (SSSR count). The zero-order chi connectivity index (χ0) is 14.7. The van der Waals surface area contributed by atoms with Crippen molar-refractivity contribution < 1.29 is 4.92 Å². The van der Waals surface area contributed by atoms with Gasteiger partial charge in [0.05, 0.1) is 4.92 Å². The molecule has 2 atom stereocenters. The molecule has 1 aliphatic rings. The molecule has 0 radical (unpaired) electrons. The summed E-state index contributed by atoms with van der Waals surface area (Å²) in [5.41, 5.74) is 2.94. The van der Waals surface area contributed by atoms with Crippen molar-refractivity contribution in [2.75, 3.05) is 5.32 Å². The lowest BCUT2D eigenvalue weighted by atomic mass is 10.0. The highest BCUT2D eigenvalue weighted by molar-refractivity contribution is 5.64. The van der Waals surface area contributed by atoms with Crippen molar-refractivity contribution in [2.24, 2.45) is 5.92 Å². The van der Waals surface area contributed by atoms with Gasteiger partial charge in [-0.05, 0) is 56.2 Å². The van der Waals surface area contributed by atoms with Crippen molar-refractivity contribution in [3.63, 3.8) is 0 Å². The van der Waals surface area contributed by atoms with E-state index in [1.54, 1.807) is 6.07 Å². The van der Waals surface area contributed by atoms with E-state index in [4.69, 9.17) is 0 Å². The molecular weight excluding hydrogens is 252 g/mol. The monoisotopic (exact) mass is 276 g/mol. The van der Waals surface area contributed by atoms with E-state index in [1.165, 1.54) is 19.3 Å². The van der Waals surface area contributed by atoms with Crippen LogP contribution in [-0.2, 0) is 0 Å². The Kier molecular flexibility index (Phi) is 4.63. The molecule has 0 aromatic heterocycles. The first-order valence-electron chi connectivity index (χ1n) is 7.49. The minimum Gasteiger partial charge on any atom is -0.377 e. The van der Waals surface area contributed by atoms with Gasteiger partial charge < -0.3 is 5.32 Å². The third-order valence-electron chi connectivity index (χ3n) is 4.43. The number of nitro groups is 1. The highest BCUT2D eigenvalue weighted by Gasteiger charge is 2.21. The second-order valence-electron chi connectivity index (χ2n) is 6.17. The normalized spacial score (nSPS) is 23.1. The molecule has 110 valence electrons. The first-order valence-corrected chi connectivity index (χ1v) is 7.49. The lowest BCUT2D eigenvalue weighted by molar-refractivity contribution is -0.384. The largest absolute Gasteiger partial charge is 0.377 e. The van der Waals surface area contributed by atoms with E-state index >= 15 is 0 Å². The van der Waals surface area contributed by atoms with Crippen LogP contribution < -0.4 is 5.32 Å². The minimum absolute atomic E-state index is 0.199. The maximum Gasteiger partial charge on any atom is 0.292 e. The summed E-state index contributed by atoms with van der Waals surface area (Å²) in [5.74, 6) is 0.775. The Hall–Kier alpha value is -1.58. The number of hydrogen-bond donors (Lipinski definition) is 1. The second kappa shape index (κ2) is 6.25. The van der Waals surface area contributed by atoms with Crippen LogP contribution in [0.15, 0.2) is 12.1 Å². The van der Waals surface area contributed by atoms with E-state index in [0.29, 0.717) is 11.7 Å². The van der Waals surface area contributed by atoms with E-state index < -0.39 is 0 Å². The standard InChI is InChI=1S/C16H24N2O2/c1-11-5-4-6-14(8-7-11)17-15-9-12(2)13(3)10-16(15)18(19)20/h9-11,14,17H,4-8H2,1-3H3. The summed E-state index contributed by atoms with van der Waals surface area (Å²) in [6.45, 7) is 6.21. The third kappa shape index (κ3) is 3.50. The van der Waals surface area contributed by atoms with Gasteiger partial charge >= 0.3 is 0 Å². The van der Waals surface area contributed by atoms with Crippen molar-refractivity contribution in [3.05, 3.63) is 33.4 Å². The average molecular weight is 276 g/mol. The molecule has 0 heterocycles. The number of nitro benzene ring substituents is 1. The molecule has 1 saturated carbocycles. The van der Waals surface area contributed by atoms with Crippen LogP contribution in [0, 0.1) is 29.9 Å². The van der Waals surface area contributed by atoms with Crippen molar-refractivity contribution >= 4 is 11.4 Å². The molecular formula is C16H24N2O2. The Labute approximate surface area is 120 Å². The van der Waals surface area contributed by atoms with Crippen molar-refractivity contribution in [2.45, 2.75) is 58.9 Å². The zero-order valence-electron chi connectivity index (χ0n) is 12.6. The molecule has 1 aliphatic carbocycles. The zero-order valence-corrected chi connectivity index (χ0v) is 12.6. The van der Waals surface area contributed by atoms with Crippen molar-refractivity contribution in [1.82, 2.24) is 0 Å². The molecule has 4 heteroatoms. The van der Waals surface area contributed by atoms with E-state index in [9.17, 15) is 10.1 Å². The SMILES string of the molecule is Cc1cc(NC2CCCC(C)CC2)c([N+](=O)[O-])cc1C. The minimum atomic E-state index is -0.284. The summed E-state index contributed by atoms with van der Waals surface area (Å²) >= 11 is 0. The quantitative estimate of drug-likeness (QED) is 0.499. The molecule has 2 unspecified atom stereocenters. The summed E-state index contributed by atoms with van der Waals surface area (Å²) < 4.78 is 0. The summed E-state index contributed by atoms with van der Waals surface area (Å²) in [5, 5.41) is 14.6. The van der Waals surface area contributed by atoms with Crippen LogP contribution in [0.5, 0.6) is 0 Å². The molecule has 0 amide bonds. The number of nitrogens with zero attached hydrogens (tertiary/aromatic N) is 1. The van der Waals surface area contributed by atoms with Crippen LogP contribution in [0.2, 0.25) is 0 Å². The molecule has 20 heavy (non-hydrogen) atoms. The maximum atomic E-state index is 11.2. The highest BCUT2D eigenvalue weighted by Crippen LogP contribution is 2.31. The number of nitrogens with one attached hydrogen (secondary N) is 1. The fourth-order valence-corrected chi connectivity index (χ4v) is 2.92. The van der Waals surface area contributed by atoms with Crippen LogP contribution in [0.4, 0.5) is 11.4 Å². The summed E-state index contributed by atoms with van der Waals surface area (Å²) in [6, 6.07) is 3.96. The number of hydrogen-bond acceptors (Lipinski definition) is 3. The van der Waals surface area contributed by atoms with Crippen molar-refractivity contribution in [1.29, 1.82) is 0 Å².